The Balaban J connectivity index is 1.74. The second-order valence-corrected chi connectivity index (χ2v) is 5.73. The van der Waals surface area contributed by atoms with Gasteiger partial charge in [0, 0.05) is 37.7 Å². The summed E-state index contributed by atoms with van der Waals surface area (Å²) in [6.07, 6.45) is 0. The minimum absolute atomic E-state index is 0.00918. The number of hydrogen-bond donors (Lipinski definition) is 3. The van der Waals surface area contributed by atoms with E-state index in [9.17, 15) is 10.2 Å². The molecule has 1 fully saturated rings. The number of rotatable bonds is 3. The molecule has 1 aliphatic rings. The van der Waals surface area contributed by atoms with Gasteiger partial charge in [0.25, 0.3) is 0 Å². The lowest BCUT2D eigenvalue weighted by atomic mass is 9.94. The van der Waals surface area contributed by atoms with Crippen LogP contribution in [0.25, 0.3) is 0 Å². The normalized spacial score (nSPS) is 22.5. The summed E-state index contributed by atoms with van der Waals surface area (Å²) >= 11 is 0. The molecular weight excluding hydrogens is 264 g/mol. The lowest BCUT2D eigenvalue weighted by molar-refractivity contribution is 0.323. The molecule has 4 nitrogen and oxygen atoms in total. The van der Waals surface area contributed by atoms with E-state index in [-0.39, 0.29) is 23.5 Å². The molecule has 21 heavy (non-hydrogen) atoms. The summed E-state index contributed by atoms with van der Waals surface area (Å²) in [5.74, 6) is 0.295. The van der Waals surface area contributed by atoms with Crippen LogP contribution >= 0.6 is 0 Å². The van der Waals surface area contributed by atoms with Crippen LogP contribution < -0.4 is 5.73 Å². The van der Waals surface area contributed by atoms with Gasteiger partial charge in [0.2, 0.25) is 0 Å². The van der Waals surface area contributed by atoms with Gasteiger partial charge in [-0.05, 0) is 23.3 Å². The first-order chi connectivity index (χ1) is 10.1. The third kappa shape index (κ3) is 3.17. The van der Waals surface area contributed by atoms with Gasteiger partial charge in [0.05, 0.1) is 0 Å². The highest BCUT2D eigenvalue weighted by Gasteiger charge is 2.31. The zero-order valence-electron chi connectivity index (χ0n) is 11.8. The molecule has 0 radical (unpaired) electrons. The van der Waals surface area contributed by atoms with Crippen LogP contribution in [0.1, 0.15) is 17.0 Å². The van der Waals surface area contributed by atoms with Crippen LogP contribution in [0.5, 0.6) is 11.5 Å². The second kappa shape index (κ2) is 5.76. The maximum Gasteiger partial charge on any atom is 0.119 e. The van der Waals surface area contributed by atoms with Crippen molar-refractivity contribution in [2.75, 3.05) is 13.1 Å². The minimum atomic E-state index is 0.00918. The number of benzene rings is 2. The van der Waals surface area contributed by atoms with Crippen LogP contribution in [0, 0.1) is 0 Å². The molecular formula is C17H20N2O2. The fraction of sp³-hybridized carbons (Fsp3) is 0.294. The molecule has 2 unspecified atom stereocenters. The predicted molar refractivity (Wildman–Crippen MR) is 82.2 cm³/mol. The lowest BCUT2D eigenvalue weighted by Crippen LogP contribution is -2.28. The topological polar surface area (TPSA) is 69.7 Å². The number of phenolic OH excluding ortho intramolecular Hbond substituents is 2. The fourth-order valence-electron chi connectivity index (χ4n) is 3.07. The molecule has 2 aromatic rings. The molecule has 1 aliphatic heterocycles. The van der Waals surface area contributed by atoms with Crippen LogP contribution in [-0.4, -0.2) is 34.2 Å². The molecule has 4 N–H and O–H groups in total. The summed E-state index contributed by atoms with van der Waals surface area (Å²) in [5, 5.41) is 19.3. The standard InChI is InChI=1S/C17H20N2O2/c18-17-11-19(9-12-4-2-1-3-5-12)10-16(17)13-6-14(20)8-15(21)7-13/h1-8,16-17,20-21H,9-11,18H2. The van der Waals surface area contributed by atoms with Crippen molar-refractivity contribution in [2.45, 2.75) is 18.5 Å². The average molecular weight is 284 g/mol. The maximum atomic E-state index is 9.63. The first-order valence-electron chi connectivity index (χ1n) is 7.16. The summed E-state index contributed by atoms with van der Waals surface area (Å²) in [5.41, 5.74) is 8.42. The fourth-order valence-corrected chi connectivity index (χ4v) is 3.07. The molecule has 1 saturated heterocycles. The smallest absolute Gasteiger partial charge is 0.119 e. The Bertz CT molecular complexity index is 595. The first kappa shape index (κ1) is 13.9. The van der Waals surface area contributed by atoms with Gasteiger partial charge in [-0.1, -0.05) is 30.3 Å². The van der Waals surface area contributed by atoms with Gasteiger partial charge in [0.1, 0.15) is 11.5 Å². The predicted octanol–water partition coefficient (Wildman–Crippen LogP) is 2.02. The molecule has 2 atom stereocenters. The van der Waals surface area contributed by atoms with Gasteiger partial charge < -0.3 is 15.9 Å². The van der Waals surface area contributed by atoms with Crippen LogP contribution in [0.15, 0.2) is 48.5 Å². The molecule has 3 rings (SSSR count). The molecule has 0 amide bonds. The van der Waals surface area contributed by atoms with Gasteiger partial charge in [-0.15, -0.1) is 0 Å². The van der Waals surface area contributed by atoms with Crippen molar-refractivity contribution in [1.29, 1.82) is 0 Å². The Labute approximate surface area is 124 Å². The van der Waals surface area contributed by atoms with Crippen molar-refractivity contribution < 1.29 is 10.2 Å². The van der Waals surface area contributed by atoms with E-state index in [4.69, 9.17) is 5.73 Å². The van der Waals surface area contributed by atoms with Gasteiger partial charge in [-0.2, -0.15) is 0 Å². The highest BCUT2D eigenvalue weighted by molar-refractivity contribution is 5.39. The second-order valence-electron chi connectivity index (χ2n) is 5.73. The molecule has 1 heterocycles. The Morgan fingerprint density at radius 3 is 2.33 bits per heavy atom. The van der Waals surface area contributed by atoms with E-state index >= 15 is 0 Å². The average Bonchev–Trinajstić information content (AvgIpc) is 2.79. The van der Waals surface area contributed by atoms with Gasteiger partial charge in [-0.3, -0.25) is 4.90 Å². The minimum Gasteiger partial charge on any atom is -0.508 e. The maximum absolute atomic E-state index is 9.63. The van der Waals surface area contributed by atoms with Crippen molar-refractivity contribution >= 4 is 0 Å². The highest BCUT2D eigenvalue weighted by atomic mass is 16.3. The molecule has 0 aromatic heterocycles. The van der Waals surface area contributed by atoms with Gasteiger partial charge in [-0.25, -0.2) is 0 Å². The number of hydrogen-bond acceptors (Lipinski definition) is 4. The van der Waals surface area contributed by atoms with Crippen LogP contribution in [0.2, 0.25) is 0 Å². The molecule has 0 bridgehead atoms. The summed E-state index contributed by atoms with van der Waals surface area (Å²) in [6.45, 7) is 2.52. The summed E-state index contributed by atoms with van der Waals surface area (Å²) in [7, 11) is 0. The third-order valence-corrected chi connectivity index (χ3v) is 4.04. The van der Waals surface area contributed by atoms with Crippen molar-refractivity contribution in [1.82, 2.24) is 4.90 Å². The quantitative estimate of drug-likeness (QED) is 0.806. The van der Waals surface area contributed by atoms with Crippen LogP contribution in [0.3, 0.4) is 0 Å². The summed E-state index contributed by atoms with van der Waals surface area (Å²) in [6, 6.07) is 15.0. The monoisotopic (exact) mass is 284 g/mol. The molecule has 0 aliphatic carbocycles. The van der Waals surface area contributed by atoms with E-state index in [0.717, 1.165) is 25.2 Å². The molecule has 4 heteroatoms. The highest BCUT2D eigenvalue weighted by Crippen LogP contribution is 2.32. The van der Waals surface area contributed by atoms with Crippen LogP contribution in [0.4, 0.5) is 0 Å². The van der Waals surface area contributed by atoms with Crippen molar-refractivity contribution in [3.63, 3.8) is 0 Å². The largest absolute Gasteiger partial charge is 0.508 e. The first-order valence-corrected chi connectivity index (χ1v) is 7.16. The third-order valence-electron chi connectivity index (χ3n) is 4.04. The SMILES string of the molecule is NC1CN(Cc2ccccc2)CC1c1cc(O)cc(O)c1. The van der Waals surface area contributed by atoms with E-state index in [1.54, 1.807) is 12.1 Å². The lowest BCUT2D eigenvalue weighted by Gasteiger charge is -2.16. The Morgan fingerprint density at radius 1 is 1.00 bits per heavy atom. The zero-order valence-corrected chi connectivity index (χ0v) is 11.8. The Hall–Kier alpha value is -2.04. The molecule has 110 valence electrons. The van der Waals surface area contributed by atoms with Crippen molar-refractivity contribution in [3.8, 4) is 11.5 Å². The molecule has 0 saturated carbocycles. The molecule has 0 spiro atoms. The van der Waals surface area contributed by atoms with Crippen molar-refractivity contribution in [3.05, 3.63) is 59.7 Å². The number of phenols is 2. The Kier molecular flexibility index (Phi) is 3.82. The molecule has 2 aromatic carbocycles. The number of likely N-dealkylation sites (tertiary alicyclic amines) is 1. The van der Waals surface area contributed by atoms with E-state index < -0.39 is 0 Å². The number of nitrogens with zero attached hydrogens (tertiary/aromatic N) is 1. The number of aromatic hydroxyl groups is 2. The number of nitrogens with two attached hydrogens (primary N) is 1. The summed E-state index contributed by atoms with van der Waals surface area (Å²) < 4.78 is 0. The van der Waals surface area contributed by atoms with E-state index in [0.29, 0.717) is 0 Å². The van der Waals surface area contributed by atoms with Crippen LogP contribution in [-0.2, 0) is 6.54 Å². The zero-order chi connectivity index (χ0) is 14.8. The van der Waals surface area contributed by atoms with E-state index in [2.05, 4.69) is 17.0 Å². The van der Waals surface area contributed by atoms with E-state index in [1.165, 1.54) is 11.6 Å². The Morgan fingerprint density at radius 2 is 1.67 bits per heavy atom. The van der Waals surface area contributed by atoms with Gasteiger partial charge >= 0.3 is 0 Å². The van der Waals surface area contributed by atoms with Gasteiger partial charge in [0.15, 0.2) is 0 Å². The van der Waals surface area contributed by atoms with Crippen molar-refractivity contribution in [2.24, 2.45) is 5.73 Å². The van der Waals surface area contributed by atoms with E-state index in [1.807, 2.05) is 18.2 Å². The summed E-state index contributed by atoms with van der Waals surface area (Å²) in [4.78, 5) is 2.31.